The standard InChI is InChI=1S/C12H21N3O3/c1-5-17-10(18-6-2)7-15-11(12(13)16)8(3)9(4)14-15/h10H,5-7H2,1-4H3,(H2,13,16). The molecule has 0 aliphatic rings. The minimum Gasteiger partial charge on any atom is -0.364 e. The third-order valence-electron chi connectivity index (χ3n) is 2.69. The van der Waals surface area contributed by atoms with Crippen LogP contribution >= 0.6 is 0 Å². The Morgan fingerprint density at radius 2 is 1.89 bits per heavy atom. The molecule has 1 aromatic rings. The van der Waals surface area contributed by atoms with Crippen LogP contribution in [-0.4, -0.2) is 35.2 Å². The number of carbonyl (C=O) groups is 1. The first-order chi connectivity index (χ1) is 8.51. The Morgan fingerprint density at radius 1 is 1.33 bits per heavy atom. The van der Waals surface area contributed by atoms with Crippen molar-refractivity contribution in [2.75, 3.05) is 13.2 Å². The molecular formula is C12H21N3O3. The van der Waals surface area contributed by atoms with Crippen molar-refractivity contribution in [1.82, 2.24) is 9.78 Å². The number of ether oxygens (including phenoxy) is 2. The smallest absolute Gasteiger partial charge is 0.267 e. The quantitative estimate of drug-likeness (QED) is 0.737. The first-order valence-corrected chi connectivity index (χ1v) is 6.08. The van der Waals surface area contributed by atoms with Gasteiger partial charge in [0.05, 0.1) is 12.2 Å². The van der Waals surface area contributed by atoms with Crippen LogP contribution < -0.4 is 5.73 Å². The summed E-state index contributed by atoms with van der Waals surface area (Å²) < 4.78 is 12.4. The summed E-state index contributed by atoms with van der Waals surface area (Å²) in [5, 5.41) is 4.29. The number of hydrogen-bond acceptors (Lipinski definition) is 4. The van der Waals surface area contributed by atoms with E-state index in [-0.39, 0.29) is 0 Å². The van der Waals surface area contributed by atoms with Crippen LogP contribution in [0.1, 0.15) is 35.6 Å². The maximum absolute atomic E-state index is 11.4. The Bertz CT molecular complexity index is 409. The molecule has 2 N–H and O–H groups in total. The molecule has 102 valence electrons. The highest BCUT2D eigenvalue weighted by Gasteiger charge is 2.19. The van der Waals surface area contributed by atoms with Gasteiger partial charge in [-0.2, -0.15) is 5.10 Å². The zero-order valence-electron chi connectivity index (χ0n) is 11.4. The van der Waals surface area contributed by atoms with Gasteiger partial charge in [-0.15, -0.1) is 0 Å². The van der Waals surface area contributed by atoms with E-state index >= 15 is 0 Å². The van der Waals surface area contributed by atoms with E-state index in [4.69, 9.17) is 15.2 Å². The third-order valence-corrected chi connectivity index (χ3v) is 2.69. The van der Waals surface area contributed by atoms with Crippen molar-refractivity contribution in [2.24, 2.45) is 5.73 Å². The fourth-order valence-corrected chi connectivity index (χ4v) is 1.78. The van der Waals surface area contributed by atoms with E-state index in [1.54, 1.807) is 4.68 Å². The number of rotatable bonds is 7. The molecule has 0 aromatic carbocycles. The Morgan fingerprint density at radius 3 is 2.33 bits per heavy atom. The molecule has 0 aliphatic carbocycles. The lowest BCUT2D eigenvalue weighted by molar-refractivity contribution is -0.145. The number of amides is 1. The largest absolute Gasteiger partial charge is 0.364 e. The first kappa shape index (κ1) is 14.7. The molecule has 0 fully saturated rings. The first-order valence-electron chi connectivity index (χ1n) is 6.08. The lowest BCUT2D eigenvalue weighted by Crippen LogP contribution is -2.28. The minimum absolute atomic E-state index is 0.356. The van der Waals surface area contributed by atoms with Crippen LogP contribution in [-0.2, 0) is 16.0 Å². The summed E-state index contributed by atoms with van der Waals surface area (Å²) in [6, 6.07) is 0. The molecule has 1 aromatic heterocycles. The van der Waals surface area contributed by atoms with Gasteiger partial charge in [0, 0.05) is 18.8 Å². The highest BCUT2D eigenvalue weighted by Crippen LogP contribution is 2.13. The topological polar surface area (TPSA) is 79.4 Å². The molecule has 1 rings (SSSR count). The van der Waals surface area contributed by atoms with Crippen molar-refractivity contribution in [3.8, 4) is 0 Å². The maximum atomic E-state index is 11.4. The summed E-state index contributed by atoms with van der Waals surface area (Å²) in [6.45, 7) is 8.88. The summed E-state index contributed by atoms with van der Waals surface area (Å²) in [7, 11) is 0. The van der Waals surface area contributed by atoms with E-state index < -0.39 is 12.2 Å². The number of nitrogens with two attached hydrogens (primary N) is 1. The molecule has 0 bridgehead atoms. The Labute approximate surface area is 107 Å². The van der Waals surface area contributed by atoms with Crippen LogP contribution in [0.4, 0.5) is 0 Å². The number of hydrogen-bond donors (Lipinski definition) is 1. The van der Waals surface area contributed by atoms with Crippen molar-refractivity contribution in [3.63, 3.8) is 0 Å². The number of primary amides is 1. The number of carbonyl (C=O) groups excluding carboxylic acids is 1. The monoisotopic (exact) mass is 255 g/mol. The van der Waals surface area contributed by atoms with Crippen LogP contribution in [0.25, 0.3) is 0 Å². The van der Waals surface area contributed by atoms with Crippen LogP contribution in [0.3, 0.4) is 0 Å². The van der Waals surface area contributed by atoms with Gasteiger partial charge in [-0.05, 0) is 27.7 Å². The van der Waals surface area contributed by atoms with Gasteiger partial charge in [-0.3, -0.25) is 9.48 Å². The van der Waals surface area contributed by atoms with Gasteiger partial charge in [0.15, 0.2) is 6.29 Å². The predicted octanol–water partition coefficient (Wildman–Crippen LogP) is 0.998. The van der Waals surface area contributed by atoms with Gasteiger partial charge in [0.25, 0.3) is 5.91 Å². The van der Waals surface area contributed by atoms with Gasteiger partial charge in [-0.25, -0.2) is 0 Å². The van der Waals surface area contributed by atoms with Gasteiger partial charge in [0.1, 0.15) is 5.69 Å². The van der Waals surface area contributed by atoms with Crippen molar-refractivity contribution in [2.45, 2.75) is 40.5 Å². The number of aryl methyl sites for hydroxylation is 1. The molecule has 0 radical (unpaired) electrons. The van der Waals surface area contributed by atoms with E-state index in [0.717, 1.165) is 11.3 Å². The van der Waals surface area contributed by atoms with E-state index in [1.807, 2.05) is 27.7 Å². The summed E-state index contributed by atoms with van der Waals surface area (Å²) in [5.41, 5.74) is 7.37. The minimum atomic E-state index is -0.486. The molecule has 1 amide bonds. The van der Waals surface area contributed by atoms with E-state index in [2.05, 4.69) is 5.10 Å². The summed E-state index contributed by atoms with van der Waals surface area (Å²) in [5.74, 6) is -0.486. The number of nitrogens with zero attached hydrogens (tertiary/aromatic N) is 2. The molecule has 0 saturated heterocycles. The van der Waals surface area contributed by atoms with Crippen molar-refractivity contribution in [3.05, 3.63) is 17.0 Å². The second-order valence-electron chi connectivity index (χ2n) is 3.95. The van der Waals surface area contributed by atoms with Crippen molar-refractivity contribution in [1.29, 1.82) is 0 Å². The average Bonchev–Trinajstić information content (AvgIpc) is 2.55. The molecule has 1 heterocycles. The van der Waals surface area contributed by atoms with Gasteiger partial charge < -0.3 is 15.2 Å². The zero-order valence-corrected chi connectivity index (χ0v) is 11.4. The number of aromatic nitrogens is 2. The molecule has 0 unspecified atom stereocenters. The molecular weight excluding hydrogens is 234 g/mol. The average molecular weight is 255 g/mol. The van der Waals surface area contributed by atoms with Crippen molar-refractivity contribution >= 4 is 5.91 Å². The second-order valence-corrected chi connectivity index (χ2v) is 3.95. The predicted molar refractivity (Wildman–Crippen MR) is 67.3 cm³/mol. The van der Waals surface area contributed by atoms with E-state index in [1.165, 1.54) is 0 Å². The zero-order chi connectivity index (χ0) is 13.7. The fraction of sp³-hybridized carbons (Fsp3) is 0.667. The summed E-state index contributed by atoms with van der Waals surface area (Å²) in [4.78, 5) is 11.4. The van der Waals surface area contributed by atoms with Crippen LogP contribution in [0, 0.1) is 13.8 Å². The molecule has 0 atom stereocenters. The Hall–Kier alpha value is -1.40. The second kappa shape index (κ2) is 6.51. The Balaban J connectivity index is 2.94. The summed E-state index contributed by atoms with van der Waals surface area (Å²) >= 11 is 0. The van der Waals surface area contributed by atoms with E-state index in [0.29, 0.717) is 25.5 Å². The third kappa shape index (κ3) is 3.30. The van der Waals surface area contributed by atoms with Gasteiger partial charge >= 0.3 is 0 Å². The highest BCUT2D eigenvalue weighted by atomic mass is 16.7. The lowest BCUT2D eigenvalue weighted by atomic mass is 10.2. The highest BCUT2D eigenvalue weighted by molar-refractivity contribution is 5.92. The normalized spacial score (nSPS) is 11.2. The Kier molecular flexibility index (Phi) is 5.30. The molecule has 0 spiro atoms. The molecule has 0 saturated carbocycles. The fourth-order valence-electron chi connectivity index (χ4n) is 1.78. The van der Waals surface area contributed by atoms with E-state index in [9.17, 15) is 4.79 Å². The van der Waals surface area contributed by atoms with Crippen LogP contribution in [0.2, 0.25) is 0 Å². The molecule has 0 aliphatic heterocycles. The van der Waals surface area contributed by atoms with Crippen LogP contribution in [0.5, 0.6) is 0 Å². The van der Waals surface area contributed by atoms with Gasteiger partial charge in [0.2, 0.25) is 0 Å². The lowest BCUT2D eigenvalue weighted by Gasteiger charge is -2.17. The van der Waals surface area contributed by atoms with Crippen molar-refractivity contribution < 1.29 is 14.3 Å². The van der Waals surface area contributed by atoms with Crippen LogP contribution in [0.15, 0.2) is 0 Å². The van der Waals surface area contributed by atoms with Gasteiger partial charge in [-0.1, -0.05) is 0 Å². The SMILES string of the molecule is CCOC(Cn1nc(C)c(C)c1C(N)=O)OCC. The maximum Gasteiger partial charge on any atom is 0.267 e. The molecule has 6 nitrogen and oxygen atoms in total. The molecule has 6 heteroatoms. The summed E-state index contributed by atoms with van der Waals surface area (Å²) in [6.07, 6.45) is -0.420. The molecule has 18 heavy (non-hydrogen) atoms.